The van der Waals surface area contributed by atoms with E-state index >= 15 is 0 Å². The average Bonchev–Trinajstić information content (AvgIpc) is 3.08. The maximum Gasteiger partial charge on any atom is 0.271 e. The monoisotopic (exact) mass is 374 g/mol. The molecule has 26 heavy (non-hydrogen) atoms. The van der Waals surface area contributed by atoms with E-state index in [1.165, 1.54) is 51.4 Å². The van der Waals surface area contributed by atoms with E-state index in [1.54, 1.807) is 11.4 Å². The summed E-state index contributed by atoms with van der Waals surface area (Å²) in [6, 6.07) is 7.01. The normalized spacial score (nSPS) is 10.8. The number of amides is 2. The number of aromatic nitrogens is 2. The van der Waals surface area contributed by atoms with Crippen molar-refractivity contribution < 1.29 is 14.0 Å². The highest BCUT2D eigenvalue weighted by atomic mass is 32.1. The molecule has 0 aliphatic carbocycles. The van der Waals surface area contributed by atoms with Crippen molar-refractivity contribution in [3.8, 4) is 0 Å². The number of hydrogen-bond acceptors (Lipinski definition) is 5. The first-order valence-corrected chi connectivity index (χ1v) is 8.60. The number of nitrogens with two attached hydrogens (primary N) is 1. The zero-order valence-electron chi connectivity index (χ0n) is 13.6. The molecule has 0 bridgehead atoms. The highest BCUT2D eigenvalue weighted by Crippen LogP contribution is 2.17. The van der Waals surface area contributed by atoms with Crippen LogP contribution in [0.1, 0.15) is 6.42 Å². The minimum absolute atomic E-state index is 0.0310. The van der Waals surface area contributed by atoms with Crippen molar-refractivity contribution in [2.75, 3.05) is 11.4 Å². The number of benzene rings is 1. The summed E-state index contributed by atoms with van der Waals surface area (Å²) in [4.78, 5) is 41.7. The first-order chi connectivity index (χ1) is 12.5. The Balaban J connectivity index is 1.88. The standard InChI is InChI=1S/C17H15FN4O3S/c18-11-1-3-12(4-2-11)22(7-5-14(19)23)15(24)9-21-10-20-13-6-8-26-16(13)17(21)25/h1-4,6,8,10H,5,7,9H2,(H2,19,23). The Morgan fingerprint density at radius 3 is 2.65 bits per heavy atom. The number of carbonyl (C=O) groups excluding carboxylic acids is 2. The zero-order chi connectivity index (χ0) is 18.7. The van der Waals surface area contributed by atoms with Gasteiger partial charge in [0.1, 0.15) is 17.1 Å². The van der Waals surface area contributed by atoms with Gasteiger partial charge in [-0.05, 0) is 35.7 Å². The van der Waals surface area contributed by atoms with Crippen molar-refractivity contribution in [1.82, 2.24) is 9.55 Å². The number of hydrogen-bond donors (Lipinski definition) is 1. The summed E-state index contributed by atoms with van der Waals surface area (Å²) in [5.41, 5.74) is 5.85. The second-order valence-corrected chi connectivity index (χ2v) is 6.47. The van der Waals surface area contributed by atoms with Crippen LogP contribution in [0.4, 0.5) is 10.1 Å². The van der Waals surface area contributed by atoms with Crippen LogP contribution < -0.4 is 16.2 Å². The number of nitrogens with zero attached hydrogens (tertiary/aromatic N) is 3. The zero-order valence-corrected chi connectivity index (χ0v) is 14.4. The summed E-state index contributed by atoms with van der Waals surface area (Å²) in [5, 5.41) is 1.75. The van der Waals surface area contributed by atoms with Gasteiger partial charge in [0.2, 0.25) is 11.8 Å². The summed E-state index contributed by atoms with van der Waals surface area (Å²) in [5.74, 6) is -1.44. The van der Waals surface area contributed by atoms with E-state index in [2.05, 4.69) is 4.98 Å². The van der Waals surface area contributed by atoms with E-state index in [-0.39, 0.29) is 25.1 Å². The number of anilines is 1. The first kappa shape index (κ1) is 17.7. The van der Waals surface area contributed by atoms with Crippen molar-refractivity contribution in [3.05, 3.63) is 58.2 Å². The summed E-state index contributed by atoms with van der Waals surface area (Å²) < 4.78 is 14.8. The fraction of sp³-hybridized carbons (Fsp3) is 0.176. The molecule has 0 spiro atoms. The van der Waals surface area contributed by atoms with Crippen LogP contribution in [0, 0.1) is 5.82 Å². The molecule has 2 heterocycles. The van der Waals surface area contributed by atoms with Crippen molar-refractivity contribution in [2.45, 2.75) is 13.0 Å². The van der Waals surface area contributed by atoms with Crippen LogP contribution in [0.2, 0.25) is 0 Å². The molecule has 0 aliphatic rings. The van der Waals surface area contributed by atoms with E-state index in [0.29, 0.717) is 15.9 Å². The van der Waals surface area contributed by atoms with Gasteiger partial charge in [-0.15, -0.1) is 11.3 Å². The fourth-order valence-electron chi connectivity index (χ4n) is 2.46. The number of halogens is 1. The summed E-state index contributed by atoms with van der Waals surface area (Å²) in [6.45, 7) is -0.223. The Morgan fingerprint density at radius 2 is 1.96 bits per heavy atom. The Hall–Kier alpha value is -3.07. The lowest BCUT2D eigenvalue weighted by molar-refractivity contribution is -0.119. The van der Waals surface area contributed by atoms with Gasteiger partial charge in [0.25, 0.3) is 5.56 Å². The predicted molar refractivity (Wildman–Crippen MR) is 96.4 cm³/mol. The molecule has 0 saturated heterocycles. The quantitative estimate of drug-likeness (QED) is 0.707. The van der Waals surface area contributed by atoms with Gasteiger partial charge in [-0.25, -0.2) is 9.37 Å². The Kier molecular flexibility index (Phi) is 5.08. The molecular weight excluding hydrogens is 359 g/mol. The number of thiophene rings is 1. The first-order valence-electron chi connectivity index (χ1n) is 7.72. The molecule has 0 radical (unpaired) electrons. The molecule has 9 heteroatoms. The number of rotatable bonds is 6. The van der Waals surface area contributed by atoms with Crippen LogP contribution in [0.3, 0.4) is 0 Å². The smallest absolute Gasteiger partial charge is 0.271 e. The highest BCUT2D eigenvalue weighted by Gasteiger charge is 2.18. The average molecular weight is 374 g/mol. The van der Waals surface area contributed by atoms with Crippen LogP contribution >= 0.6 is 11.3 Å². The highest BCUT2D eigenvalue weighted by molar-refractivity contribution is 7.17. The maximum absolute atomic E-state index is 13.2. The molecule has 2 aromatic heterocycles. The second kappa shape index (κ2) is 7.44. The van der Waals surface area contributed by atoms with Crippen LogP contribution in [0.15, 0.2) is 46.8 Å². The molecule has 0 unspecified atom stereocenters. The molecule has 0 saturated carbocycles. The topological polar surface area (TPSA) is 98.3 Å². The van der Waals surface area contributed by atoms with Gasteiger partial charge >= 0.3 is 0 Å². The van der Waals surface area contributed by atoms with Crippen molar-refractivity contribution in [1.29, 1.82) is 0 Å². The Labute approximate surface area is 151 Å². The van der Waals surface area contributed by atoms with E-state index in [0.717, 1.165) is 0 Å². The third-order valence-corrected chi connectivity index (χ3v) is 4.65. The van der Waals surface area contributed by atoms with Crippen LogP contribution in [-0.4, -0.2) is 27.9 Å². The van der Waals surface area contributed by atoms with Crippen molar-refractivity contribution in [3.63, 3.8) is 0 Å². The van der Waals surface area contributed by atoms with E-state index < -0.39 is 17.6 Å². The third-order valence-electron chi connectivity index (χ3n) is 3.76. The number of carbonyl (C=O) groups is 2. The van der Waals surface area contributed by atoms with Gasteiger partial charge in [-0.2, -0.15) is 0 Å². The minimum Gasteiger partial charge on any atom is -0.370 e. The van der Waals surface area contributed by atoms with E-state index in [4.69, 9.17) is 5.73 Å². The lowest BCUT2D eigenvalue weighted by Gasteiger charge is -2.22. The van der Waals surface area contributed by atoms with E-state index in [1.807, 2.05) is 0 Å². The molecule has 0 atom stereocenters. The van der Waals surface area contributed by atoms with Gasteiger partial charge in [0.15, 0.2) is 0 Å². The summed E-state index contributed by atoms with van der Waals surface area (Å²) in [7, 11) is 0. The van der Waals surface area contributed by atoms with Gasteiger partial charge in [-0.1, -0.05) is 0 Å². The lowest BCUT2D eigenvalue weighted by Crippen LogP contribution is -2.38. The maximum atomic E-state index is 13.2. The molecule has 2 amide bonds. The third kappa shape index (κ3) is 3.77. The summed E-state index contributed by atoms with van der Waals surface area (Å²) >= 11 is 1.25. The largest absolute Gasteiger partial charge is 0.370 e. The Bertz CT molecular complexity index is 1010. The molecule has 0 fully saturated rings. The minimum atomic E-state index is -0.566. The van der Waals surface area contributed by atoms with Gasteiger partial charge in [0.05, 0.1) is 11.8 Å². The molecule has 7 nitrogen and oxygen atoms in total. The Morgan fingerprint density at radius 1 is 1.23 bits per heavy atom. The molecule has 2 N–H and O–H groups in total. The fourth-order valence-corrected chi connectivity index (χ4v) is 3.26. The van der Waals surface area contributed by atoms with Crippen LogP contribution in [0.25, 0.3) is 10.2 Å². The van der Waals surface area contributed by atoms with Gasteiger partial charge < -0.3 is 10.6 Å². The molecule has 3 rings (SSSR count). The summed E-state index contributed by atoms with van der Waals surface area (Å²) in [6.07, 6.45) is 1.26. The molecule has 134 valence electrons. The van der Waals surface area contributed by atoms with Crippen molar-refractivity contribution in [2.24, 2.45) is 5.73 Å². The van der Waals surface area contributed by atoms with Crippen LogP contribution in [0.5, 0.6) is 0 Å². The number of fused-ring (bicyclic) bond motifs is 1. The second-order valence-electron chi connectivity index (χ2n) is 5.55. The molecule has 3 aromatic rings. The SMILES string of the molecule is NC(=O)CCN(C(=O)Cn1cnc2ccsc2c1=O)c1ccc(F)cc1. The van der Waals surface area contributed by atoms with Gasteiger partial charge in [0, 0.05) is 18.7 Å². The molecular formula is C17H15FN4O3S. The number of primary amides is 1. The van der Waals surface area contributed by atoms with Crippen LogP contribution in [-0.2, 0) is 16.1 Å². The molecule has 1 aromatic carbocycles. The van der Waals surface area contributed by atoms with E-state index in [9.17, 15) is 18.8 Å². The lowest BCUT2D eigenvalue weighted by atomic mass is 10.2. The van der Waals surface area contributed by atoms with Crippen molar-refractivity contribution >= 4 is 39.1 Å². The predicted octanol–water partition coefficient (Wildman–Crippen LogP) is 1.51. The molecule has 0 aliphatic heterocycles. The van der Waals surface area contributed by atoms with Gasteiger partial charge in [-0.3, -0.25) is 19.0 Å².